The first-order valence-electron chi connectivity index (χ1n) is 7.82. The van der Waals surface area contributed by atoms with Crippen LogP contribution in [0.4, 0.5) is 0 Å². The van der Waals surface area contributed by atoms with Crippen LogP contribution >= 0.6 is 11.6 Å². The summed E-state index contributed by atoms with van der Waals surface area (Å²) in [6.07, 6.45) is 1.69. The molecule has 0 spiro atoms. The molecule has 0 saturated carbocycles. The molecule has 0 aliphatic carbocycles. The Kier molecular flexibility index (Phi) is 5.91. The van der Waals surface area contributed by atoms with Gasteiger partial charge in [0.25, 0.3) is 5.91 Å². The summed E-state index contributed by atoms with van der Waals surface area (Å²) >= 11 is 5.84. The molecule has 0 bridgehead atoms. The molecule has 2 rings (SSSR count). The number of aliphatic hydroxyl groups is 1. The standard InChI is InChI=1S/C18H23ClN2O3/c1-18(2,24-14-8-6-13(19)7-9-14)17(23)20-11-10-16(22)15-5-4-12-21(15)3/h4-9,12,16,22H,10-11H2,1-3H3,(H,20,23). The van der Waals surface area contributed by atoms with E-state index < -0.39 is 11.7 Å². The molecule has 130 valence electrons. The van der Waals surface area contributed by atoms with Crippen LogP contribution in [-0.4, -0.2) is 27.7 Å². The van der Waals surface area contributed by atoms with Gasteiger partial charge in [0, 0.05) is 30.5 Å². The number of nitrogens with one attached hydrogen (secondary N) is 1. The van der Waals surface area contributed by atoms with E-state index in [2.05, 4.69) is 5.32 Å². The van der Waals surface area contributed by atoms with Crippen molar-refractivity contribution < 1.29 is 14.6 Å². The predicted molar refractivity (Wildman–Crippen MR) is 94.2 cm³/mol. The minimum atomic E-state index is -1.02. The van der Waals surface area contributed by atoms with Gasteiger partial charge in [0.2, 0.25) is 0 Å². The van der Waals surface area contributed by atoms with Gasteiger partial charge in [-0.2, -0.15) is 0 Å². The Morgan fingerprint density at radius 1 is 1.33 bits per heavy atom. The number of aliphatic hydroxyl groups excluding tert-OH is 1. The van der Waals surface area contributed by atoms with Gasteiger partial charge in [-0.05, 0) is 56.7 Å². The fraction of sp³-hybridized carbons (Fsp3) is 0.389. The van der Waals surface area contributed by atoms with Crippen LogP contribution in [-0.2, 0) is 11.8 Å². The summed E-state index contributed by atoms with van der Waals surface area (Å²) in [7, 11) is 1.88. The number of aryl methyl sites for hydroxylation is 1. The number of hydrogen-bond acceptors (Lipinski definition) is 3. The van der Waals surface area contributed by atoms with Crippen molar-refractivity contribution in [3.8, 4) is 5.75 Å². The van der Waals surface area contributed by atoms with E-state index in [-0.39, 0.29) is 5.91 Å². The minimum absolute atomic E-state index is 0.239. The van der Waals surface area contributed by atoms with Crippen molar-refractivity contribution in [2.75, 3.05) is 6.54 Å². The molecule has 0 saturated heterocycles. The van der Waals surface area contributed by atoms with E-state index in [4.69, 9.17) is 16.3 Å². The third-order valence-electron chi connectivity index (χ3n) is 3.76. The van der Waals surface area contributed by atoms with E-state index in [0.717, 1.165) is 5.69 Å². The molecule has 1 amide bonds. The third kappa shape index (κ3) is 4.76. The van der Waals surface area contributed by atoms with Crippen molar-refractivity contribution in [2.45, 2.75) is 32.0 Å². The van der Waals surface area contributed by atoms with E-state index in [1.807, 2.05) is 29.9 Å². The number of rotatable bonds is 7. The first-order chi connectivity index (χ1) is 11.3. The Morgan fingerprint density at radius 2 is 2.00 bits per heavy atom. The molecule has 1 unspecified atom stereocenters. The molecule has 5 nitrogen and oxygen atoms in total. The maximum Gasteiger partial charge on any atom is 0.263 e. The number of nitrogens with zero attached hydrogens (tertiary/aromatic N) is 1. The molecular formula is C18H23ClN2O3. The van der Waals surface area contributed by atoms with Crippen LogP contribution < -0.4 is 10.1 Å². The highest BCUT2D eigenvalue weighted by Crippen LogP contribution is 2.21. The van der Waals surface area contributed by atoms with E-state index in [0.29, 0.717) is 23.7 Å². The van der Waals surface area contributed by atoms with E-state index in [1.165, 1.54) is 0 Å². The molecule has 1 aromatic heterocycles. The fourth-order valence-corrected chi connectivity index (χ4v) is 2.47. The molecule has 1 aromatic carbocycles. The topological polar surface area (TPSA) is 63.5 Å². The number of ether oxygens (including phenoxy) is 1. The maximum atomic E-state index is 12.3. The molecule has 6 heteroatoms. The summed E-state index contributed by atoms with van der Waals surface area (Å²) in [5.74, 6) is 0.333. The fourth-order valence-electron chi connectivity index (χ4n) is 2.35. The van der Waals surface area contributed by atoms with Crippen LogP contribution in [0.2, 0.25) is 5.02 Å². The molecule has 2 aromatic rings. The van der Waals surface area contributed by atoms with E-state index in [1.54, 1.807) is 38.1 Å². The molecule has 0 aliphatic rings. The van der Waals surface area contributed by atoms with Crippen LogP contribution in [0.15, 0.2) is 42.6 Å². The number of carbonyl (C=O) groups is 1. The van der Waals surface area contributed by atoms with Crippen LogP contribution in [0, 0.1) is 0 Å². The van der Waals surface area contributed by atoms with Crippen molar-refractivity contribution in [3.63, 3.8) is 0 Å². The molecule has 0 fully saturated rings. The zero-order valence-electron chi connectivity index (χ0n) is 14.1. The molecule has 0 radical (unpaired) electrons. The zero-order valence-corrected chi connectivity index (χ0v) is 14.9. The van der Waals surface area contributed by atoms with Gasteiger partial charge in [0.05, 0.1) is 6.10 Å². The monoisotopic (exact) mass is 350 g/mol. The van der Waals surface area contributed by atoms with Crippen LogP contribution in [0.5, 0.6) is 5.75 Å². The van der Waals surface area contributed by atoms with Gasteiger partial charge in [-0.15, -0.1) is 0 Å². The lowest BCUT2D eigenvalue weighted by molar-refractivity contribution is -0.134. The van der Waals surface area contributed by atoms with E-state index >= 15 is 0 Å². The first kappa shape index (κ1) is 18.4. The Hall–Kier alpha value is -1.98. The Morgan fingerprint density at radius 3 is 2.58 bits per heavy atom. The molecule has 0 aliphatic heterocycles. The van der Waals surface area contributed by atoms with Crippen molar-refractivity contribution in [1.29, 1.82) is 0 Å². The Balaban J connectivity index is 1.84. The number of halogens is 1. The van der Waals surface area contributed by atoms with E-state index in [9.17, 15) is 9.90 Å². The number of benzene rings is 1. The highest BCUT2D eigenvalue weighted by Gasteiger charge is 2.29. The van der Waals surface area contributed by atoms with Crippen LogP contribution in [0.25, 0.3) is 0 Å². The van der Waals surface area contributed by atoms with Crippen LogP contribution in [0.1, 0.15) is 32.1 Å². The highest BCUT2D eigenvalue weighted by molar-refractivity contribution is 6.30. The van der Waals surface area contributed by atoms with Crippen LogP contribution in [0.3, 0.4) is 0 Å². The summed E-state index contributed by atoms with van der Waals surface area (Å²) in [6, 6.07) is 10.6. The average molecular weight is 351 g/mol. The third-order valence-corrected chi connectivity index (χ3v) is 4.01. The second-order valence-corrected chi connectivity index (χ2v) is 6.61. The largest absolute Gasteiger partial charge is 0.478 e. The highest BCUT2D eigenvalue weighted by atomic mass is 35.5. The zero-order chi connectivity index (χ0) is 17.7. The second kappa shape index (κ2) is 7.73. The molecule has 1 atom stereocenters. The molecule has 1 heterocycles. The maximum absolute atomic E-state index is 12.3. The van der Waals surface area contributed by atoms with Crippen molar-refractivity contribution in [3.05, 3.63) is 53.3 Å². The van der Waals surface area contributed by atoms with Gasteiger partial charge in [-0.3, -0.25) is 4.79 Å². The van der Waals surface area contributed by atoms with Crippen molar-refractivity contribution >= 4 is 17.5 Å². The first-order valence-corrected chi connectivity index (χ1v) is 8.19. The summed E-state index contributed by atoms with van der Waals surface area (Å²) in [5, 5.41) is 13.6. The normalized spacial score (nSPS) is 12.7. The lowest BCUT2D eigenvalue weighted by Crippen LogP contribution is -2.47. The van der Waals surface area contributed by atoms with Gasteiger partial charge >= 0.3 is 0 Å². The summed E-state index contributed by atoms with van der Waals surface area (Å²) < 4.78 is 7.59. The number of amides is 1. The molecular weight excluding hydrogens is 328 g/mol. The Labute approximate surface area is 147 Å². The van der Waals surface area contributed by atoms with Crippen molar-refractivity contribution in [2.24, 2.45) is 7.05 Å². The van der Waals surface area contributed by atoms with Gasteiger partial charge in [0.15, 0.2) is 5.60 Å². The summed E-state index contributed by atoms with van der Waals surface area (Å²) in [4.78, 5) is 12.3. The molecule has 2 N–H and O–H groups in total. The lowest BCUT2D eigenvalue weighted by atomic mass is 10.1. The SMILES string of the molecule is Cn1cccc1C(O)CCNC(=O)C(C)(C)Oc1ccc(Cl)cc1. The van der Waals surface area contributed by atoms with Gasteiger partial charge in [-0.25, -0.2) is 0 Å². The smallest absolute Gasteiger partial charge is 0.263 e. The lowest BCUT2D eigenvalue weighted by Gasteiger charge is -2.25. The molecule has 24 heavy (non-hydrogen) atoms. The Bertz CT molecular complexity index is 680. The minimum Gasteiger partial charge on any atom is -0.478 e. The quantitative estimate of drug-likeness (QED) is 0.806. The average Bonchev–Trinajstić information content (AvgIpc) is 2.95. The summed E-state index contributed by atoms with van der Waals surface area (Å²) in [6.45, 7) is 3.76. The predicted octanol–water partition coefficient (Wildman–Crippen LogP) is 3.08. The number of aromatic nitrogens is 1. The number of hydrogen-bond donors (Lipinski definition) is 2. The number of carbonyl (C=O) groups excluding carboxylic acids is 1. The van der Waals surface area contributed by atoms with Crippen molar-refractivity contribution in [1.82, 2.24) is 9.88 Å². The van der Waals surface area contributed by atoms with Gasteiger partial charge in [-0.1, -0.05) is 11.6 Å². The van der Waals surface area contributed by atoms with Gasteiger partial charge in [0.1, 0.15) is 5.75 Å². The summed E-state index contributed by atoms with van der Waals surface area (Å²) in [5.41, 5.74) is -0.204. The van der Waals surface area contributed by atoms with Gasteiger partial charge < -0.3 is 19.7 Å². The second-order valence-electron chi connectivity index (χ2n) is 6.17.